The van der Waals surface area contributed by atoms with Gasteiger partial charge >= 0.3 is 0 Å². The molecule has 21 heavy (non-hydrogen) atoms. The van der Waals surface area contributed by atoms with E-state index in [-0.39, 0.29) is 24.1 Å². The molecule has 1 aromatic carbocycles. The maximum Gasteiger partial charge on any atom is 0.232 e. The molecule has 2 unspecified atom stereocenters. The summed E-state index contributed by atoms with van der Waals surface area (Å²) in [6.07, 6.45) is 3.53. The Hall–Kier alpha value is -0.910. The maximum absolute atomic E-state index is 12.3. The third kappa shape index (κ3) is 4.28. The fourth-order valence-electron chi connectivity index (χ4n) is 2.95. The molecule has 116 valence electrons. The van der Waals surface area contributed by atoms with Gasteiger partial charge in [-0.05, 0) is 43.5 Å². The Morgan fingerprint density at radius 1 is 1.24 bits per heavy atom. The Bertz CT molecular complexity index is 483. The highest BCUT2D eigenvalue weighted by molar-refractivity contribution is 8.00. The lowest BCUT2D eigenvalue weighted by atomic mass is 10.1. The Labute approximate surface area is 135 Å². The minimum atomic E-state index is 0. The molecular weight excluding hydrogens is 308 g/mol. The van der Waals surface area contributed by atoms with Crippen LogP contribution in [0, 0.1) is 0 Å². The zero-order valence-corrected chi connectivity index (χ0v) is 13.5. The van der Waals surface area contributed by atoms with Gasteiger partial charge in [-0.25, -0.2) is 0 Å². The van der Waals surface area contributed by atoms with Gasteiger partial charge in [0, 0.05) is 30.1 Å². The molecule has 1 aromatic rings. The maximum atomic E-state index is 12.3. The zero-order chi connectivity index (χ0) is 13.9. The van der Waals surface area contributed by atoms with Crippen molar-refractivity contribution in [1.29, 1.82) is 0 Å². The van der Waals surface area contributed by atoms with Gasteiger partial charge in [-0.3, -0.25) is 4.79 Å². The van der Waals surface area contributed by atoms with Crippen LogP contribution in [-0.4, -0.2) is 46.8 Å². The highest BCUT2D eigenvalue weighted by Crippen LogP contribution is 2.23. The van der Waals surface area contributed by atoms with Crippen LogP contribution in [0.25, 0.3) is 0 Å². The fraction of sp³-hybridized carbons (Fsp3) is 0.533. The van der Waals surface area contributed by atoms with Crippen molar-refractivity contribution in [2.75, 3.05) is 18.8 Å². The van der Waals surface area contributed by atoms with E-state index in [1.807, 2.05) is 17.0 Å². The average Bonchev–Trinajstić information content (AvgIpc) is 2.77. The van der Waals surface area contributed by atoms with Gasteiger partial charge in [0.05, 0.1) is 5.75 Å². The first-order valence-electron chi connectivity index (χ1n) is 7.16. The molecule has 2 N–H and O–H groups in total. The van der Waals surface area contributed by atoms with Crippen molar-refractivity contribution in [2.24, 2.45) is 0 Å². The molecule has 2 aliphatic heterocycles. The first-order chi connectivity index (χ1) is 9.70. The van der Waals surface area contributed by atoms with Gasteiger partial charge in [0.1, 0.15) is 5.75 Å². The quantitative estimate of drug-likeness (QED) is 0.836. The fourth-order valence-corrected chi connectivity index (χ4v) is 3.75. The third-order valence-electron chi connectivity index (χ3n) is 4.07. The van der Waals surface area contributed by atoms with Crippen molar-refractivity contribution in [3.8, 4) is 5.75 Å². The highest BCUT2D eigenvalue weighted by Gasteiger charge is 2.30. The molecular formula is C15H21ClN2O2S. The molecule has 1 amide bonds. The molecule has 0 radical (unpaired) electrons. The van der Waals surface area contributed by atoms with Crippen LogP contribution in [0.3, 0.4) is 0 Å². The molecule has 0 aliphatic carbocycles. The summed E-state index contributed by atoms with van der Waals surface area (Å²) in [6.45, 7) is 1.73. The molecule has 2 aliphatic rings. The number of carbonyl (C=O) groups is 1. The third-order valence-corrected chi connectivity index (χ3v) is 5.07. The summed E-state index contributed by atoms with van der Waals surface area (Å²) in [5.74, 6) is 0.954. The normalized spacial score (nSPS) is 24.3. The number of halogens is 1. The lowest BCUT2D eigenvalue weighted by molar-refractivity contribution is -0.128. The van der Waals surface area contributed by atoms with E-state index in [9.17, 15) is 9.90 Å². The number of benzene rings is 1. The molecule has 0 spiro atoms. The van der Waals surface area contributed by atoms with Crippen LogP contribution < -0.4 is 5.32 Å². The zero-order valence-electron chi connectivity index (χ0n) is 11.8. The van der Waals surface area contributed by atoms with Crippen molar-refractivity contribution in [3.05, 3.63) is 24.3 Å². The van der Waals surface area contributed by atoms with E-state index in [2.05, 4.69) is 5.32 Å². The van der Waals surface area contributed by atoms with E-state index >= 15 is 0 Å². The van der Waals surface area contributed by atoms with Gasteiger partial charge in [0.15, 0.2) is 0 Å². The summed E-state index contributed by atoms with van der Waals surface area (Å²) in [4.78, 5) is 15.3. The molecule has 2 atom stereocenters. The second kappa shape index (κ2) is 7.38. The highest BCUT2D eigenvalue weighted by atomic mass is 35.5. The summed E-state index contributed by atoms with van der Waals surface area (Å²) in [5.41, 5.74) is 0. The lowest BCUT2D eigenvalue weighted by Gasteiger charge is -2.24. The largest absolute Gasteiger partial charge is 0.508 e. The minimum Gasteiger partial charge on any atom is -0.508 e. The van der Waals surface area contributed by atoms with E-state index in [1.54, 1.807) is 12.1 Å². The van der Waals surface area contributed by atoms with E-state index in [0.29, 0.717) is 17.8 Å². The number of rotatable bonds is 3. The number of likely N-dealkylation sites (tertiary alicyclic amines) is 1. The van der Waals surface area contributed by atoms with Crippen LogP contribution in [0.15, 0.2) is 29.2 Å². The van der Waals surface area contributed by atoms with Crippen LogP contribution in [0.1, 0.15) is 19.3 Å². The predicted molar refractivity (Wildman–Crippen MR) is 87.2 cm³/mol. The van der Waals surface area contributed by atoms with Crippen LogP contribution in [0.2, 0.25) is 0 Å². The number of thioether (sulfide) groups is 1. The van der Waals surface area contributed by atoms with E-state index in [4.69, 9.17) is 0 Å². The van der Waals surface area contributed by atoms with E-state index in [1.165, 1.54) is 24.6 Å². The van der Waals surface area contributed by atoms with Crippen LogP contribution >= 0.6 is 24.2 Å². The molecule has 4 nitrogen and oxygen atoms in total. The Kier molecular flexibility index (Phi) is 5.79. The van der Waals surface area contributed by atoms with Crippen molar-refractivity contribution in [2.45, 2.75) is 36.2 Å². The summed E-state index contributed by atoms with van der Waals surface area (Å²) in [7, 11) is 0. The molecule has 2 heterocycles. The number of carbonyl (C=O) groups excluding carboxylic acids is 1. The molecule has 2 bridgehead atoms. The Balaban J connectivity index is 0.00000161. The van der Waals surface area contributed by atoms with Crippen LogP contribution in [0.4, 0.5) is 0 Å². The Morgan fingerprint density at radius 2 is 1.95 bits per heavy atom. The number of hydrogen-bond acceptors (Lipinski definition) is 4. The van der Waals surface area contributed by atoms with E-state index < -0.39 is 0 Å². The van der Waals surface area contributed by atoms with Gasteiger partial charge in [-0.1, -0.05) is 0 Å². The van der Waals surface area contributed by atoms with Crippen molar-refractivity contribution in [3.63, 3.8) is 0 Å². The summed E-state index contributed by atoms with van der Waals surface area (Å²) >= 11 is 1.53. The standard InChI is InChI=1S/C15H20N2O2S.ClH/c18-13-3-5-14(6-4-13)20-10-15(19)17-8-7-11-1-2-12(9-17)16-11;/h3-6,11-12,16,18H,1-2,7-10H2;1H. The minimum absolute atomic E-state index is 0. The smallest absolute Gasteiger partial charge is 0.232 e. The molecule has 0 aromatic heterocycles. The number of hydrogen-bond donors (Lipinski definition) is 2. The molecule has 6 heteroatoms. The summed E-state index contributed by atoms with van der Waals surface area (Å²) in [5, 5.41) is 12.8. The monoisotopic (exact) mass is 328 g/mol. The number of fused-ring (bicyclic) bond motifs is 2. The first kappa shape index (κ1) is 16.5. The number of phenols is 1. The van der Waals surface area contributed by atoms with Gasteiger partial charge < -0.3 is 15.3 Å². The predicted octanol–water partition coefficient (Wildman–Crippen LogP) is 2.26. The second-order valence-corrected chi connectivity index (χ2v) is 6.60. The van der Waals surface area contributed by atoms with Crippen molar-refractivity contribution < 1.29 is 9.90 Å². The molecule has 0 saturated carbocycles. The molecule has 3 rings (SSSR count). The van der Waals surface area contributed by atoms with E-state index in [0.717, 1.165) is 24.4 Å². The molecule has 2 fully saturated rings. The van der Waals surface area contributed by atoms with Crippen LogP contribution in [-0.2, 0) is 4.79 Å². The summed E-state index contributed by atoms with van der Waals surface area (Å²) < 4.78 is 0. The average molecular weight is 329 g/mol. The SMILES string of the molecule is Cl.O=C(CSc1ccc(O)cc1)N1CCC2CCC(C1)N2. The molecule has 2 saturated heterocycles. The second-order valence-electron chi connectivity index (χ2n) is 5.55. The number of phenolic OH excluding ortho intramolecular Hbond substituents is 1. The first-order valence-corrected chi connectivity index (χ1v) is 8.15. The lowest BCUT2D eigenvalue weighted by Crippen LogP contribution is -2.39. The topological polar surface area (TPSA) is 52.6 Å². The van der Waals surface area contributed by atoms with Gasteiger partial charge in [-0.15, -0.1) is 24.2 Å². The van der Waals surface area contributed by atoms with Crippen molar-refractivity contribution >= 4 is 30.1 Å². The Morgan fingerprint density at radius 3 is 2.71 bits per heavy atom. The van der Waals surface area contributed by atoms with Gasteiger partial charge in [0.25, 0.3) is 0 Å². The number of amides is 1. The number of nitrogens with zero attached hydrogens (tertiary/aromatic N) is 1. The summed E-state index contributed by atoms with van der Waals surface area (Å²) in [6, 6.07) is 8.11. The van der Waals surface area contributed by atoms with Crippen molar-refractivity contribution in [1.82, 2.24) is 10.2 Å². The number of nitrogens with one attached hydrogen (secondary N) is 1. The van der Waals surface area contributed by atoms with Crippen LogP contribution in [0.5, 0.6) is 5.75 Å². The van der Waals surface area contributed by atoms with Gasteiger partial charge in [0.2, 0.25) is 5.91 Å². The number of aromatic hydroxyl groups is 1. The van der Waals surface area contributed by atoms with Gasteiger partial charge in [-0.2, -0.15) is 0 Å².